The Morgan fingerprint density at radius 1 is 1.00 bits per heavy atom. The largest absolute Gasteiger partial charge is 0.497 e. The number of aromatic nitrogens is 1. The minimum atomic E-state index is -0.286. The van der Waals surface area contributed by atoms with E-state index < -0.39 is 0 Å². The quantitative estimate of drug-likeness (QED) is 0.359. The molecule has 0 atom stereocenters. The van der Waals surface area contributed by atoms with Crippen LogP contribution in [0, 0.1) is 6.92 Å². The Bertz CT molecular complexity index is 1260. The molecule has 0 aliphatic carbocycles. The molecule has 0 bridgehead atoms. The predicted octanol–water partition coefficient (Wildman–Crippen LogP) is 6.03. The van der Waals surface area contributed by atoms with E-state index in [1.54, 1.807) is 13.2 Å². The molecule has 0 radical (unpaired) electrons. The maximum absolute atomic E-state index is 12.9. The summed E-state index contributed by atoms with van der Waals surface area (Å²) in [4.78, 5) is 18.0. The van der Waals surface area contributed by atoms with Crippen molar-refractivity contribution >= 4 is 33.2 Å². The summed E-state index contributed by atoms with van der Waals surface area (Å²) in [6, 6.07) is 23.4. The second kappa shape index (κ2) is 8.81. The molecule has 30 heavy (non-hydrogen) atoms. The molecule has 0 saturated carbocycles. The number of ether oxygens (including phenoxy) is 1. The van der Waals surface area contributed by atoms with Crippen molar-refractivity contribution in [1.82, 2.24) is 4.57 Å². The highest BCUT2D eigenvalue weighted by molar-refractivity contribution is 9.10. The van der Waals surface area contributed by atoms with E-state index in [4.69, 9.17) is 4.74 Å². The van der Waals surface area contributed by atoms with Crippen LogP contribution in [-0.2, 0) is 0 Å². The summed E-state index contributed by atoms with van der Waals surface area (Å²) in [5.74, 6) is 0.511. The van der Waals surface area contributed by atoms with Crippen LogP contribution in [0.2, 0.25) is 0 Å². The highest BCUT2D eigenvalue weighted by Gasteiger charge is 2.13. The van der Waals surface area contributed by atoms with Gasteiger partial charge in [-0.2, -0.15) is 4.99 Å². The number of hydrogen-bond acceptors (Lipinski definition) is 3. The second-order valence-electron chi connectivity index (χ2n) is 6.70. The smallest absolute Gasteiger partial charge is 0.280 e. The first kappa shape index (κ1) is 20.3. The monoisotopic (exact) mass is 478 g/mol. The molecule has 0 N–H and O–H groups in total. The lowest BCUT2D eigenvalue weighted by Crippen LogP contribution is -2.16. The third kappa shape index (κ3) is 4.15. The van der Waals surface area contributed by atoms with Crippen LogP contribution in [0.1, 0.15) is 15.9 Å². The van der Waals surface area contributed by atoms with Gasteiger partial charge in [-0.1, -0.05) is 29.8 Å². The molecule has 0 spiro atoms. The molecule has 4 aromatic rings. The van der Waals surface area contributed by atoms with Crippen LogP contribution in [0.4, 0.5) is 0 Å². The second-order valence-corrected chi connectivity index (χ2v) is 8.39. The zero-order chi connectivity index (χ0) is 21.1. The molecule has 4 nitrogen and oxygen atoms in total. The van der Waals surface area contributed by atoms with E-state index >= 15 is 0 Å². The molecular formula is C24H19BrN2O2S. The van der Waals surface area contributed by atoms with Crippen LogP contribution in [0.5, 0.6) is 5.75 Å². The fourth-order valence-electron chi connectivity index (χ4n) is 3.08. The molecule has 0 unspecified atom stereocenters. The fourth-order valence-corrected chi connectivity index (χ4v) is 4.44. The number of amides is 1. The number of rotatable bonds is 4. The molecule has 4 rings (SSSR count). The number of hydrogen-bond donors (Lipinski definition) is 0. The standard InChI is InChI=1S/C24H19BrN2O2S/c1-16-7-11-18(12-8-16)27-22(17-9-13-19(29-2)14-10-17)15-30-24(27)26-23(28)20-5-3-4-6-21(20)25/h3-15H,1-2H3. The number of methoxy groups -OCH3 is 1. The van der Waals surface area contributed by atoms with E-state index in [0.717, 1.165) is 27.2 Å². The molecule has 0 aliphatic heterocycles. The van der Waals surface area contributed by atoms with Crippen molar-refractivity contribution in [3.05, 3.63) is 98.6 Å². The van der Waals surface area contributed by atoms with Gasteiger partial charge in [0.2, 0.25) is 0 Å². The normalized spacial score (nSPS) is 11.5. The van der Waals surface area contributed by atoms with Crippen molar-refractivity contribution < 1.29 is 9.53 Å². The van der Waals surface area contributed by atoms with Gasteiger partial charge in [0.05, 0.1) is 18.4 Å². The SMILES string of the molecule is COc1ccc(-c2csc(=NC(=O)c3ccccc3Br)n2-c2ccc(C)cc2)cc1. The Morgan fingerprint density at radius 3 is 2.37 bits per heavy atom. The van der Waals surface area contributed by atoms with Gasteiger partial charge in [0.15, 0.2) is 4.80 Å². The average Bonchev–Trinajstić information content (AvgIpc) is 3.18. The summed E-state index contributed by atoms with van der Waals surface area (Å²) in [5.41, 5.74) is 4.63. The Balaban J connectivity index is 1.88. The van der Waals surface area contributed by atoms with E-state index in [1.165, 1.54) is 16.9 Å². The van der Waals surface area contributed by atoms with Gasteiger partial charge in [0, 0.05) is 15.5 Å². The summed E-state index contributed by atoms with van der Waals surface area (Å²) >= 11 is 4.88. The minimum Gasteiger partial charge on any atom is -0.497 e. The van der Waals surface area contributed by atoms with Gasteiger partial charge >= 0.3 is 0 Å². The molecular weight excluding hydrogens is 460 g/mol. The first-order valence-electron chi connectivity index (χ1n) is 9.32. The third-order valence-electron chi connectivity index (χ3n) is 4.69. The lowest BCUT2D eigenvalue weighted by molar-refractivity contribution is 0.0997. The zero-order valence-electron chi connectivity index (χ0n) is 16.5. The summed E-state index contributed by atoms with van der Waals surface area (Å²) < 4.78 is 8.02. The van der Waals surface area contributed by atoms with Crippen LogP contribution in [0.15, 0.2) is 87.6 Å². The van der Waals surface area contributed by atoms with Crippen LogP contribution in [0.25, 0.3) is 16.9 Å². The van der Waals surface area contributed by atoms with E-state index in [1.807, 2.05) is 71.5 Å². The van der Waals surface area contributed by atoms with E-state index in [-0.39, 0.29) is 5.91 Å². The van der Waals surface area contributed by atoms with E-state index in [0.29, 0.717) is 10.4 Å². The zero-order valence-corrected chi connectivity index (χ0v) is 18.9. The van der Waals surface area contributed by atoms with Gasteiger partial charge in [-0.3, -0.25) is 9.36 Å². The number of carbonyl (C=O) groups excluding carboxylic acids is 1. The van der Waals surface area contributed by atoms with Crippen molar-refractivity contribution in [2.75, 3.05) is 7.11 Å². The third-order valence-corrected chi connectivity index (χ3v) is 6.20. The van der Waals surface area contributed by atoms with Gasteiger partial charge in [-0.25, -0.2) is 0 Å². The molecule has 1 amide bonds. The van der Waals surface area contributed by atoms with E-state index in [9.17, 15) is 4.79 Å². The fraction of sp³-hybridized carbons (Fsp3) is 0.0833. The van der Waals surface area contributed by atoms with Crippen molar-refractivity contribution in [1.29, 1.82) is 0 Å². The Kier molecular flexibility index (Phi) is 5.97. The molecule has 0 fully saturated rings. The Morgan fingerprint density at radius 2 is 1.70 bits per heavy atom. The maximum Gasteiger partial charge on any atom is 0.280 e. The van der Waals surface area contributed by atoms with Crippen LogP contribution in [-0.4, -0.2) is 17.6 Å². The Hall–Kier alpha value is -2.96. The maximum atomic E-state index is 12.9. The van der Waals surface area contributed by atoms with Gasteiger partial charge < -0.3 is 4.74 Å². The van der Waals surface area contributed by atoms with Gasteiger partial charge in [-0.15, -0.1) is 11.3 Å². The van der Waals surface area contributed by atoms with E-state index in [2.05, 4.69) is 33.1 Å². The number of thiazole rings is 1. The highest BCUT2D eigenvalue weighted by atomic mass is 79.9. The topological polar surface area (TPSA) is 43.6 Å². The van der Waals surface area contributed by atoms with Gasteiger partial charge in [0.25, 0.3) is 5.91 Å². The number of carbonyl (C=O) groups is 1. The molecule has 6 heteroatoms. The van der Waals surface area contributed by atoms with Crippen molar-refractivity contribution in [3.8, 4) is 22.7 Å². The lowest BCUT2D eigenvalue weighted by atomic mass is 10.1. The molecule has 150 valence electrons. The average molecular weight is 479 g/mol. The summed E-state index contributed by atoms with van der Waals surface area (Å²) in [7, 11) is 1.65. The minimum absolute atomic E-state index is 0.286. The number of halogens is 1. The first-order chi connectivity index (χ1) is 14.6. The molecule has 1 heterocycles. The van der Waals surface area contributed by atoms with Gasteiger partial charge in [0.1, 0.15) is 5.75 Å². The van der Waals surface area contributed by atoms with Crippen molar-refractivity contribution in [3.63, 3.8) is 0 Å². The number of aryl methyl sites for hydroxylation is 1. The predicted molar refractivity (Wildman–Crippen MR) is 124 cm³/mol. The molecule has 1 aromatic heterocycles. The number of benzene rings is 3. The summed E-state index contributed by atoms with van der Waals surface area (Å²) in [6.07, 6.45) is 0. The molecule has 0 saturated heterocycles. The van der Waals surface area contributed by atoms with Crippen LogP contribution >= 0.6 is 27.3 Å². The van der Waals surface area contributed by atoms with Gasteiger partial charge in [-0.05, 0) is 76.9 Å². The number of nitrogens with zero attached hydrogens (tertiary/aromatic N) is 2. The van der Waals surface area contributed by atoms with Crippen molar-refractivity contribution in [2.45, 2.75) is 6.92 Å². The Labute approximate surface area is 187 Å². The van der Waals surface area contributed by atoms with Crippen LogP contribution in [0.3, 0.4) is 0 Å². The summed E-state index contributed by atoms with van der Waals surface area (Å²) in [5, 5.41) is 2.02. The first-order valence-corrected chi connectivity index (χ1v) is 11.0. The lowest BCUT2D eigenvalue weighted by Gasteiger charge is -2.10. The highest BCUT2D eigenvalue weighted by Crippen LogP contribution is 2.26. The molecule has 0 aliphatic rings. The van der Waals surface area contributed by atoms with Crippen molar-refractivity contribution in [2.24, 2.45) is 4.99 Å². The molecule has 3 aromatic carbocycles. The van der Waals surface area contributed by atoms with Crippen LogP contribution < -0.4 is 9.54 Å². The summed E-state index contributed by atoms with van der Waals surface area (Å²) in [6.45, 7) is 2.05.